The summed E-state index contributed by atoms with van der Waals surface area (Å²) in [4.78, 5) is 23.5. The molecule has 0 atom stereocenters. The van der Waals surface area contributed by atoms with Gasteiger partial charge in [-0.15, -0.1) is 0 Å². The maximum absolute atomic E-state index is 12.3. The number of carboxylic acid groups (broad SMARTS) is 1. The highest BCUT2D eigenvalue weighted by atomic mass is 16.4. The Bertz CT molecular complexity index is 1110. The van der Waals surface area contributed by atoms with E-state index in [1.165, 1.54) is 18.2 Å². The van der Waals surface area contributed by atoms with Crippen molar-refractivity contribution >= 4 is 23.6 Å². The molecule has 3 rings (SSSR count). The van der Waals surface area contributed by atoms with Gasteiger partial charge >= 0.3 is 5.97 Å². The maximum atomic E-state index is 12.3. The summed E-state index contributed by atoms with van der Waals surface area (Å²) in [5.41, 5.74) is 2.09. The number of carbonyl (C=O) groups is 2. The summed E-state index contributed by atoms with van der Waals surface area (Å²) < 4.78 is 5.72. The van der Waals surface area contributed by atoms with Crippen LogP contribution in [-0.2, 0) is 4.79 Å². The molecule has 138 valence electrons. The Labute approximate surface area is 161 Å². The topological polar surface area (TPSA) is 103 Å². The van der Waals surface area contributed by atoms with Gasteiger partial charge in [-0.2, -0.15) is 5.26 Å². The van der Waals surface area contributed by atoms with Crippen molar-refractivity contribution in [1.29, 1.82) is 5.26 Å². The summed E-state index contributed by atoms with van der Waals surface area (Å²) in [5, 5.41) is 21.1. The van der Waals surface area contributed by atoms with Gasteiger partial charge in [-0.25, -0.2) is 4.79 Å². The number of nitriles is 1. The Hall–Kier alpha value is -4.11. The zero-order valence-corrected chi connectivity index (χ0v) is 15.0. The van der Waals surface area contributed by atoms with Crippen LogP contribution < -0.4 is 5.32 Å². The van der Waals surface area contributed by atoms with Crippen LogP contribution in [0.5, 0.6) is 0 Å². The number of amides is 1. The Morgan fingerprint density at radius 2 is 1.86 bits per heavy atom. The van der Waals surface area contributed by atoms with Gasteiger partial charge < -0.3 is 14.8 Å². The fourth-order valence-corrected chi connectivity index (χ4v) is 2.61. The summed E-state index contributed by atoms with van der Waals surface area (Å²) in [7, 11) is 0. The van der Waals surface area contributed by atoms with E-state index in [0.717, 1.165) is 5.56 Å². The number of nitrogens with zero attached hydrogens (tertiary/aromatic N) is 1. The Morgan fingerprint density at radius 1 is 1.11 bits per heavy atom. The van der Waals surface area contributed by atoms with Crippen LogP contribution in [0.2, 0.25) is 0 Å². The van der Waals surface area contributed by atoms with E-state index in [-0.39, 0.29) is 11.1 Å². The molecule has 0 spiro atoms. The SMILES string of the molecule is Cc1ccc(C(=O)O)cc1-c1ccc(/C=C(/C#N)C(=O)Nc2ccccc2)o1. The van der Waals surface area contributed by atoms with E-state index < -0.39 is 11.9 Å². The standard InChI is InChI=1S/C22H16N2O4/c1-14-7-8-15(22(26)27)12-19(14)20-10-9-18(28-20)11-16(13-23)21(25)24-17-5-3-2-4-6-17/h2-12H,1H3,(H,24,25)(H,26,27)/b16-11-. The monoisotopic (exact) mass is 372 g/mol. The predicted molar refractivity (Wildman–Crippen MR) is 105 cm³/mol. The van der Waals surface area contributed by atoms with E-state index in [1.54, 1.807) is 42.5 Å². The van der Waals surface area contributed by atoms with Gasteiger partial charge in [-0.1, -0.05) is 24.3 Å². The van der Waals surface area contributed by atoms with Gasteiger partial charge in [0.05, 0.1) is 5.56 Å². The number of furan rings is 1. The van der Waals surface area contributed by atoms with Crippen molar-refractivity contribution in [2.24, 2.45) is 0 Å². The molecular weight excluding hydrogens is 356 g/mol. The van der Waals surface area contributed by atoms with Crippen LogP contribution in [0.3, 0.4) is 0 Å². The van der Waals surface area contributed by atoms with E-state index in [1.807, 2.05) is 19.1 Å². The first-order chi connectivity index (χ1) is 13.5. The number of benzene rings is 2. The molecule has 0 aliphatic heterocycles. The first-order valence-electron chi connectivity index (χ1n) is 8.40. The van der Waals surface area contributed by atoms with Gasteiger partial charge in [0.25, 0.3) is 5.91 Å². The number of para-hydroxylation sites is 1. The van der Waals surface area contributed by atoms with Crippen molar-refractivity contribution in [3.63, 3.8) is 0 Å². The normalized spacial score (nSPS) is 10.9. The van der Waals surface area contributed by atoms with Crippen LogP contribution >= 0.6 is 0 Å². The van der Waals surface area contributed by atoms with Crippen molar-refractivity contribution in [1.82, 2.24) is 0 Å². The average Bonchev–Trinajstić information content (AvgIpc) is 3.15. The van der Waals surface area contributed by atoms with Gasteiger partial charge in [0.1, 0.15) is 23.2 Å². The molecule has 0 radical (unpaired) electrons. The Balaban J connectivity index is 1.87. The molecule has 0 fully saturated rings. The number of hydrogen-bond donors (Lipinski definition) is 2. The molecule has 1 amide bonds. The molecule has 2 N–H and O–H groups in total. The average molecular weight is 372 g/mol. The second-order valence-corrected chi connectivity index (χ2v) is 6.03. The second-order valence-electron chi connectivity index (χ2n) is 6.03. The van der Waals surface area contributed by atoms with Crippen LogP contribution in [0, 0.1) is 18.3 Å². The van der Waals surface area contributed by atoms with Crippen LogP contribution in [0.4, 0.5) is 5.69 Å². The Kier molecular flexibility index (Phi) is 5.38. The van der Waals surface area contributed by atoms with Crippen molar-refractivity contribution in [2.45, 2.75) is 6.92 Å². The number of carbonyl (C=O) groups excluding carboxylic acids is 1. The maximum Gasteiger partial charge on any atom is 0.335 e. The third kappa shape index (κ3) is 4.17. The molecule has 1 heterocycles. The lowest BCUT2D eigenvalue weighted by atomic mass is 10.0. The van der Waals surface area contributed by atoms with Crippen molar-refractivity contribution in [3.05, 3.63) is 83.1 Å². The quantitative estimate of drug-likeness (QED) is 0.507. The van der Waals surface area contributed by atoms with E-state index in [2.05, 4.69) is 5.32 Å². The van der Waals surface area contributed by atoms with E-state index in [9.17, 15) is 14.9 Å². The highest BCUT2D eigenvalue weighted by molar-refractivity contribution is 6.09. The zero-order chi connectivity index (χ0) is 20.1. The third-order valence-corrected chi connectivity index (χ3v) is 4.06. The molecule has 0 aliphatic rings. The summed E-state index contributed by atoms with van der Waals surface area (Å²) in [6.07, 6.45) is 1.35. The third-order valence-electron chi connectivity index (χ3n) is 4.06. The highest BCUT2D eigenvalue weighted by Crippen LogP contribution is 2.27. The van der Waals surface area contributed by atoms with Crippen LogP contribution in [0.1, 0.15) is 21.7 Å². The van der Waals surface area contributed by atoms with Crippen molar-refractivity contribution < 1.29 is 19.1 Å². The van der Waals surface area contributed by atoms with E-state index >= 15 is 0 Å². The summed E-state index contributed by atoms with van der Waals surface area (Å²) in [6.45, 7) is 1.84. The number of rotatable bonds is 5. The highest BCUT2D eigenvalue weighted by Gasteiger charge is 2.13. The molecule has 2 aromatic carbocycles. The molecule has 1 aromatic heterocycles. The minimum Gasteiger partial charge on any atom is -0.478 e. The number of carboxylic acids is 1. The number of hydrogen-bond acceptors (Lipinski definition) is 4. The minimum atomic E-state index is -1.03. The number of aryl methyl sites for hydroxylation is 1. The predicted octanol–water partition coefficient (Wildman–Crippen LogP) is 4.50. The second kappa shape index (κ2) is 8.06. The number of anilines is 1. The molecule has 0 bridgehead atoms. The number of aromatic carboxylic acids is 1. The van der Waals surface area contributed by atoms with E-state index in [0.29, 0.717) is 22.8 Å². The lowest BCUT2D eigenvalue weighted by Crippen LogP contribution is -2.13. The molecule has 28 heavy (non-hydrogen) atoms. The van der Waals surface area contributed by atoms with Crippen LogP contribution in [0.25, 0.3) is 17.4 Å². The Morgan fingerprint density at radius 3 is 2.54 bits per heavy atom. The summed E-state index contributed by atoms with van der Waals surface area (Å²) in [5.74, 6) is -0.810. The largest absolute Gasteiger partial charge is 0.478 e. The molecular formula is C22H16N2O4. The van der Waals surface area contributed by atoms with Gasteiger partial charge in [0.15, 0.2) is 0 Å². The summed E-state index contributed by atoms with van der Waals surface area (Å²) in [6, 6.07) is 18.7. The van der Waals surface area contributed by atoms with Crippen molar-refractivity contribution in [2.75, 3.05) is 5.32 Å². The lowest BCUT2D eigenvalue weighted by Gasteiger charge is -2.04. The fraction of sp³-hybridized carbons (Fsp3) is 0.0455. The molecule has 6 nitrogen and oxygen atoms in total. The van der Waals surface area contributed by atoms with Gasteiger partial charge in [0, 0.05) is 17.3 Å². The molecule has 6 heteroatoms. The van der Waals surface area contributed by atoms with E-state index in [4.69, 9.17) is 9.52 Å². The van der Waals surface area contributed by atoms with Gasteiger partial charge in [-0.05, 0) is 48.9 Å². The van der Waals surface area contributed by atoms with Crippen molar-refractivity contribution in [3.8, 4) is 17.4 Å². The van der Waals surface area contributed by atoms with Crippen LogP contribution in [0.15, 0.2) is 70.7 Å². The molecule has 0 saturated carbocycles. The molecule has 0 unspecified atom stereocenters. The molecule has 0 saturated heterocycles. The first-order valence-corrected chi connectivity index (χ1v) is 8.40. The smallest absolute Gasteiger partial charge is 0.335 e. The fourth-order valence-electron chi connectivity index (χ4n) is 2.61. The number of nitrogens with one attached hydrogen (secondary N) is 1. The van der Waals surface area contributed by atoms with Gasteiger partial charge in [0.2, 0.25) is 0 Å². The summed E-state index contributed by atoms with van der Waals surface area (Å²) >= 11 is 0. The lowest BCUT2D eigenvalue weighted by molar-refractivity contribution is -0.112. The molecule has 3 aromatic rings. The first kappa shape index (κ1) is 18.7. The minimum absolute atomic E-state index is 0.110. The van der Waals surface area contributed by atoms with Gasteiger partial charge in [-0.3, -0.25) is 4.79 Å². The zero-order valence-electron chi connectivity index (χ0n) is 15.0. The molecule has 0 aliphatic carbocycles. The van der Waals surface area contributed by atoms with Crippen LogP contribution in [-0.4, -0.2) is 17.0 Å².